The topological polar surface area (TPSA) is 62.2 Å². The number of nitrogens with zero attached hydrogens (tertiary/aromatic N) is 5. The molecule has 0 spiro atoms. The average Bonchev–Trinajstić information content (AvgIpc) is 2.79. The lowest BCUT2D eigenvalue weighted by Gasteiger charge is -2.22. The van der Waals surface area contributed by atoms with Crippen LogP contribution in [-0.2, 0) is 0 Å². The molecule has 0 bridgehead atoms. The van der Waals surface area contributed by atoms with Gasteiger partial charge in [-0.1, -0.05) is 12.1 Å². The summed E-state index contributed by atoms with van der Waals surface area (Å²) in [4.78, 5) is 30.6. The Labute approximate surface area is 146 Å². The maximum absolute atomic E-state index is 13.1. The van der Waals surface area contributed by atoms with E-state index in [1.54, 1.807) is 11.1 Å². The van der Waals surface area contributed by atoms with Crippen molar-refractivity contribution in [3.63, 3.8) is 0 Å². The summed E-state index contributed by atoms with van der Waals surface area (Å²) in [6.07, 6.45) is 2.48. The molecule has 1 amide bonds. The van der Waals surface area contributed by atoms with Crippen LogP contribution in [0.5, 0.6) is 0 Å². The third-order valence-electron chi connectivity index (χ3n) is 4.43. The molecule has 6 heteroatoms. The molecule has 0 atom stereocenters. The smallest absolute Gasteiger partial charge is 0.261 e. The van der Waals surface area contributed by atoms with Crippen LogP contribution in [0.15, 0.2) is 42.6 Å². The first kappa shape index (κ1) is 15.5. The fourth-order valence-electron chi connectivity index (χ4n) is 3.04. The van der Waals surface area contributed by atoms with Gasteiger partial charge in [-0.2, -0.15) is 0 Å². The van der Waals surface area contributed by atoms with Crippen LogP contribution in [0.25, 0.3) is 11.0 Å². The predicted octanol–water partition coefficient (Wildman–Crippen LogP) is 2.82. The van der Waals surface area contributed by atoms with E-state index >= 15 is 0 Å². The molecule has 0 radical (unpaired) electrons. The fraction of sp³-hybridized carbons (Fsp3) is 0.263. The summed E-state index contributed by atoms with van der Waals surface area (Å²) in [7, 11) is 1.99. The number of carbonyl (C=O) groups is 1. The van der Waals surface area contributed by atoms with Gasteiger partial charge in [0.15, 0.2) is 11.6 Å². The molecule has 0 saturated heterocycles. The number of para-hydroxylation sites is 2. The first-order chi connectivity index (χ1) is 12.1. The SMILES string of the molecule is Cc1ccc(C(=O)N2CCCN(C)c3nc4ccccc4nc32)cn1. The van der Waals surface area contributed by atoms with Crippen LogP contribution in [0.1, 0.15) is 22.5 Å². The number of aromatic nitrogens is 3. The molecule has 1 aliphatic rings. The van der Waals surface area contributed by atoms with E-state index in [1.807, 2.05) is 50.4 Å². The van der Waals surface area contributed by atoms with Gasteiger partial charge < -0.3 is 4.90 Å². The van der Waals surface area contributed by atoms with Gasteiger partial charge in [-0.3, -0.25) is 14.7 Å². The normalized spacial score (nSPS) is 14.3. The maximum Gasteiger partial charge on any atom is 0.261 e. The first-order valence-electron chi connectivity index (χ1n) is 8.36. The van der Waals surface area contributed by atoms with E-state index in [2.05, 4.69) is 9.88 Å². The molecule has 0 aliphatic carbocycles. The lowest BCUT2D eigenvalue weighted by atomic mass is 10.2. The standard InChI is InChI=1S/C19H19N5O/c1-13-8-9-14(12-20-13)19(25)24-11-5-10-23(2)17-18(24)22-16-7-4-3-6-15(16)21-17/h3-4,6-9,12H,5,10-11H2,1-2H3. The van der Waals surface area contributed by atoms with Gasteiger partial charge in [-0.05, 0) is 37.6 Å². The number of anilines is 2. The van der Waals surface area contributed by atoms with Crippen LogP contribution in [0, 0.1) is 6.92 Å². The Morgan fingerprint density at radius 2 is 1.72 bits per heavy atom. The second-order valence-electron chi connectivity index (χ2n) is 6.28. The molecule has 1 aromatic carbocycles. The number of fused-ring (bicyclic) bond motifs is 2. The molecule has 0 N–H and O–H groups in total. The number of carbonyl (C=O) groups excluding carboxylic acids is 1. The predicted molar refractivity (Wildman–Crippen MR) is 98.1 cm³/mol. The number of amides is 1. The number of hydrogen-bond acceptors (Lipinski definition) is 5. The van der Waals surface area contributed by atoms with Crippen LogP contribution >= 0.6 is 0 Å². The van der Waals surface area contributed by atoms with Gasteiger partial charge in [-0.15, -0.1) is 0 Å². The Morgan fingerprint density at radius 3 is 2.40 bits per heavy atom. The Balaban J connectivity index is 1.84. The van der Waals surface area contributed by atoms with Crippen molar-refractivity contribution in [3.8, 4) is 0 Å². The van der Waals surface area contributed by atoms with Crippen molar-refractivity contribution in [2.75, 3.05) is 29.9 Å². The fourth-order valence-corrected chi connectivity index (χ4v) is 3.04. The summed E-state index contributed by atoms with van der Waals surface area (Å²) in [5.41, 5.74) is 3.07. The molecule has 4 rings (SSSR count). The van der Waals surface area contributed by atoms with Crippen molar-refractivity contribution >= 4 is 28.6 Å². The van der Waals surface area contributed by atoms with Crippen LogP contribution in [0.2, 0.25) is 0 Å². The summed E-state index contributed by atoms with van der Waals surface area (Å²) in [6, 6.07) is 11.4. The first-order valence-corrected chi connectivity index (χ1v) is 8.36. The quantitative estimate of drug-likeness (QED) is 0.685. The van der Waals surface area contributed by atoms with Crippen molar-refractivity contribution in [2.24, 2.45) is 0 Å². The van der Waals surface area contributed by atoms with Crippen molar-refractivity contribution in [1.29, 1.82) is 0 Å². The zero-order valence-corrected chi connectivity index (χ0v) is 14.3. The van der Waals surface area contributed by atoms with E-state index in [4.69, 9.17) is 9.97 Å². The minimum Gasteiger partial charge on any atom is -0.357 e. The number of aryl methyl sites for hydroxylation is 1. The molecular weight excluding hydrogens is 314 g/mol. The van der Waals surface area contributed by atoms with Gasteiger partial charge >= 0.3 is 0 Å². The van der Waals surface area contributed by atoms with Crippen LogP contribution in [-0.4, -0.2) is 41.0 Å². The summed E-state index contributed by atoms with van der Waals surface area (Å²) in [5.74, 6) is 1.27. The van der Waals surface area contributed by atoms with Gasteiger partial charge in [0.1, 0.15) is 0 Å². The molecule has 2 aromatic heterocycles. The van der Waals surface area contributed by atoms with E-state index < -0.39 is 0 Å². The van der Waals surface area contributed by atoms with Crippen molar-refractivity contribution in [3.05, 3.63) is 53.9 Å². The van der Waals surface area contributed by atoms with E-state index in [0.29, 0.717) is 17.9 Å². The third kappa shape index (κ3) is 2.80. The molecule has 126 valence electrons. The molecule has 0 unspecified atom stereocenters. The Kier molecular flexibility index (Phi) is 3.80. The van der Waals surface area contributed by atoms with Gasteiger partial charge in [0.05, 0.1) is 16.6 Å². The Bertz CT molecular complexity index is 938. The van der Waals surface area contributed by atoms with Crippen LogP contribution in [0.4, 0.5) is 11.6 Å². The number of hydrogen-bond donors (Lipinski definition) is 0. The minimum atomic E-state index is -0.0892. The zero-order valence-electron chi connectivity index (χ0n) is 14.3. The number of rotatable bonds is 1. The lowest BCUT2D eigenvalue weighted by Crippen LogP contribution is -2.32. The van der Waals surface area contributed by atoms with Crippen LogP contribution in [0.3, 0.4) is 0 Å². The molecular formula is C19H19N5O. The van der Waals surface area contributed by atoms with E-state index in [9.17, 15) is 4.79 Å². The number of benzene rings is 1. The van der Waals surface area contributed by atoms with Crippen molar-refractivity contribution in [1.82, 2.24) is 15.0 Å². The Hall–Kier alpha value is -3.02. The van der Waals surface area contributed by atoms with Crippen molar-refractivity contribution < 1.29 is 4.79 Å². The van der Waals surface area contributed by atoms with Gasteiger partial charge in [0, 0.05) is 32.0 Å². The van der Waals surface area contributed by atoms with E-state index in [0.717, 1.165) is 35.5 Å². The lowest BCUT2D eigenvalue weighted by molar-refractivity contribution is 0.0986. The Morgan fingerprint density at radius 1 is 1.00 bits per heavy atom. The highest BCUT2D eigenvalue weighted by Crippen LogP contribution is 2.31. The second-order valence-corrected chi connectivity index (χ2v) is 6.28. The molecule has 6 nitrogen and oxygen atoms in total. The monoisotopic (exact) mass is 333 g/mol. The van der Waals surface area contributed by atoms with Crippen molar-refractivity contribution in [2.45, 2.75) is 13.3 Å². The van der Waals surface area contributed by atoms with E-state index in [1.165, 1.54) is 0 Å². The highest BCUT2D eigenvalue weighted by atomic mass is 16.2. The minimum absolute atomic E-state index is 0.0892. The number of pyridine rings is 1. The molecule has 25 heavy (non-hydrogen) atoms. The largest absolute Gasteiger partial charge is 0.357 e. The highest BCUT2D eigenvalue weighted by Gasteiger charge is 2.27. The third-order valence-corrected chi connectivity index (χ3v) is 4.43. The summed E-state index contributed by atoms with van der Waals surface area (Å²) >= 11 is 0. The highest BCUT2D eigenvalue weighted by molar-refractivity contribution is 6.07. The van der Waals surface area contributed by atoms with Gasteiger partial charge in [0.2, 0.25) is 0 Å². The second kappa shape index (κ2) is 6.12. The van der Waals surface area contributed by atoms with Gasteiger partial charge in [0.25, 0.3) is 5.91 Å². The molecule has 0 saturated carbocycles. The zero-order chi connectivity index (χ0) is 17.4. The van der Waals surface area contributed by atoms with Gasteiger partial charge in [-0.25, -0.2) is 9.97 Å². The summed E-state index contributed by atoms with van der Waals surface area (Å²) < 4.78 is 0. The average molecular weight is 333 g/mol. The molecule has 0 fully saturated rings. The summed E-state index contributed by atoms with van der Waals surface area (Å²) in [6.45, 7) is 3.34. The molecule has 3 heterocycles. The molecule has 3 aromatic rings. The molecule has 1 aliphatic heterocycles. The van der Waals surface area contributed by atoms with E-state index in [-0.39, 0.29) is 5.91 Å². The van der Waals surface area contributed by atoms with Crippen LogP contribution < -0.4 is 9.80 Å². The maximum atomic E-state index is 13.1. The summed E-state index contributed by atoms with van der Waals surface area (Å²) in [5, 5.41) is 0.